The van der Waals surface area contributed by atoms with Crippen LogP contribution in [0.25, 0.3) is 0 Å². The predicted octanol–water partition coefficient (Wildman–Crippen LogP) is 1.99. The van der Waals surface area contributed by atoms with Gasteiger partial charge in [-0.05, 0) is 6.07 Å². The van der Waals surface area contributed by atoms with E-state index >= 15 is 0 Å². The Bertz CT molecular complexity index is 310. The van der Waals surface area contributed by atoms with Crippen molar-refractivity contribution in [2.45, 2.75) is 6.67 Å². The zero-order chi connectivity index (χ0) is 9.14. The Hall–Kier alpha value is -1.45. The molecule has 2 nitrogen and oxygen atoms in total. The Balaban J connectivity index is 3.23. The minimum absolute atomic E-state index is 0.227. The Morgan fingerprint density at radius 3 is 2.67 bits per heavy atom. The topological polar surface area (TPSA) is 37.3 Å². The van der Waals surface area contributed by atoms with Gasteiger partial charge in [0.25, 0.3) is 0 Å². The van der Waals surface area contributed by atoms with Gasteiger partial charge in [-0.15, -0.1) is 0 Å². The van der Waals surface area contributed by atoms with Crippen molar-refractivity contribution in [3.63, 3.8) is 0 Å². The number of rotatable bonds is 2. The third-order valence-electron chi connectivity index (χ3n) is 1.45. The van der Waals surface area contributed by atoms with Crippen LogP contribution >= 0.6 is 0 Å². The van der Waals surface area contributed by atoms with E-state index in [-0.39, 0.29) is 5.56 Å². The first-order chi connectivity index (χ1) is 5.66. The lowest BCUT2D eigenvalue weighted by Crippen LogP contribution is -2.02. The van der Waals surface area contributed by atoms with Crippen LogP contribution in [-0.4, -0.2) is 11.1 Å². The normalized spacial score (nSPS) is 9.83. The first kappa shape index (κ1) is 8.64. The predicted molar refractivity (Wildman–Crippen MR) is 38.2 cm³/mol. The number of carbonyl (C=O) groups is 1. The van der Waals surface area contributed by atoms with Gasteiger partial charge in [-0.2, -0.15) is 0 Å². The van der Waals surface area contributed by atoms with E-state index in [0.717, 1.165) is 6.07 Å². The minimum Gasteiger partial charge on any atom is -0.478 e. The number of hydrogen-bond donors (Lipinski definition) is 1. The average Bonchev–Trinajstić information content (AvgIpc) is 2.04. The molecule has 1 aromatic rings. The fourth-order valence-electron chi connectivity index (χ4n) is 0.848. The van der Waals surface area contributed by atoms with Gasteiger partial charge in [0, 0.05) is 5.56 Å². The van der Waals surface area contributed by atoms with Crippen LogP contribution in [0.4, 0.5) is 8.78 Å². The number of alkyl halides is 1. The third-order valence-corrected chi connectivity index (χ3v) is 1.45. The maximum Gasteiger partial charge on any atom is 0.338 e. The maximum absolute atomic E-state index is 12.9. The van der Waals surface area contributed by atoms with Crippen LogP contribution in [0.5, 0.6) is 0 Å². The highest BCUT2D eigenvalue weighted by Gasteiger charge is 2.12. The molecule has 1 rings (SSSR count). The summed E-state index contributed by atoms with van der Waals surface area (Å²) in [6.45, 7) is -0.993. The molecule has 0 amide bonds. The second kappa shape index (κ2) is 3.30. The van der Waals surface area contributed by atoms with Gasteiger partial charge in [0.05, 0.1) is 5.56 Å². The molecule has 1 N–H and O–H groups in total. The molecule has 0 radical (unpaired) electrons. The van der Waals surface area contributed by atoms with Gasteiger partial charge in [0.2, 0.25) is 0 Å². The van der Waals surface area contributed by atoms with E-state index in [1.807, 2.05) is 0 Å². The van der Waals surface area contributed by atoms with Gasteiger partial charge in [-0.25, -0.2) is 13.6 Å². The van der Waals surface area contributed by atoms with E-state index in [9.17, 15) is 13.6 Å². The minimum atomic E-state index is -1.39. The van der Waals surface area contributed by atoms with E-state index < -0.39 is 24.0 Å². The molecular formula is C8H6F2O2. The van der Waals surface area contributed by atoms with Crippen molar-refractivity contribution in [3.8, 4) is 0 Å². The zero-order valence-corrected chi connectivity index (χ0v) is 6.05. The molecule has 0 spiro atoms. The number of carboxylic acid groups (broad SMARTS) is 1. The quantitative estimate of drug-likeness (QED) is 0.740. The van der Waals surface area contributed by atoms with Crippen molar-refractivity contribution in [1.29, 1.82) is 0 Å². The van der Waals surface area contributed by atoms with Crippen molar-refractivity contribution in [1.82, 2.24) is 0 Å². The molecule has 0 saturated carbocycles. The van der Waals surface area contributed by atoms with Crippen LogP contribution in [-0.2, 0) is 6.67 Å². The van der Waals surface area contributed by atoms with Crippen LogP contribution < -0.4 is 0 Å². The summed E-state index contributed by atoms with van der Waals surface area (Å²) in [5, 5.41) is 8.42. The first-order valence-electron chi connectivity index (χ1n) is 3.23. The van der Waals surface area contributed by atoms with E-state index in [1.54, 1.807) is 0 Å². The number of carboxylic acids is 1. The highest BCUT2D eigenvalue weighted by atomic mass is 19.1. The molecule has 0 aromatic heterocycles. The molecule has 0 aliphatic heterocycles. The van der Waals surface area contributed by atoms with Gasteiger partial charge in [-0.3, -0.25) is 0 Å². The van der Waals surface area contributed by atoms with Crippen LogP contribution in [0.3, 0.4) is 0 Å². The van der Waals surface area contributed by atoms with Crippen molar-refractivity contribution in [2.75, 3.05) is 0 Å². The summed E-state index contributed by atoms with van der Waals surface area (Å²) in [4.78, 5) is 10.3. The standard InChI is InChI=1S/C8H6F2O2/c9-4-5-2-1-3-6(7(5)10)8(11)12/h1-3H,4H2,(H,11,12). The lowest BCUT2D eigenvalue weighted by Gasteiger charge is -2.00. The summed E-state index contributed by atoms with van der Waals surface area (Å²) in [5.41, 5.74) is -0.722. The fraction of sp³-hybridized carbons (Fsp3) is 0.125. The Morgan fingerprint density at radius 1 is 1.50 bits per heavy atom. The molecule has 1 aromatic carbocycles. The number of aromatic carboxylic acids is 1. The zero-order valence-electron chi connectivity index (χ0n) is 6.05. The molecule has 0 aliphatic carbocycles. The lowest BCUT2D eigenvalue weighted by atomic mass is 10.1. The largest absolute Gasteiger partial charge is 0.478 e. The molecule has 0 bridgehead atoms. The van der Waals surface area contributed by atoms with Crippen molar-refractivity contribution in [3.05, 3.63) is 35.1 Å². The Kier molecular flexibility index (Phi) is 2.38. The van der Waals surface area contributed by atoms with Crippen molar-refractivity contribution < 1.29 is 18.7 Å². The summed E-state index contributed by atoms with van der Waals surface area (Å²) < 4.78 is 24.9. The van der Waals surface area contributed by atoms with Crippen molar-refractivity contribution in [2.24, 2.45) is 0 Å². The van der Waals surface area contributed by atoms with E-state index in [0.29, 0.717) is 0 Å². The molecule has 0 heterocycles. The monoisotopic (exact) mass is 172 g/mol. The van der Waals surface area contributed by atoms with Gasteiger partial charge in [-0.1, -0.05) is 12.1 Å². The number of halogens is 2. The summed E-state index contributed by atoms with van der Waals surface area (Å²) in [6, 6.07) is 3.61. The Labute approximate surface area is 67.4 Å². The van der Waals surface area contributed by atoms with Crippen LogP contribution in [0.15, 0.2) is 18.2 Å². The SMILES string of the molecule is O=C(O)c1cccc(CF)c1F. The molecule has 12 heavy (non-hydrogen) atoms. The molecular weight excluding hydrogens is 166 g/mol. The Morgan fingerprint density at radius 2 is 2.17 bits per heavy atom. The van der Waals surface area contributed by atoms with Gasteiger partial charge in [0.1, 0.15) is 12.5 Å². The molecule has 4 heteroatoms. The molecule has 0 atom stereocenters. The van der Waals surface area contributed by atoms with Gasteiger partial charge in [0.15, 0.2) is 0 Å². The third kappa shape index (κ3) is 1.42. The summed E-state index contributed by atoms with van der Waals surface area (Å²) in [7, 11) is 0. The first-order valence-corrected chi connectivity index (χ1v) is 3.23. The van der Waals surface area contributed by atoms with Crippen molar-refractivity contribution >= 4 is 5.97 Å². The second-order valence-corrected chi connectivity index (χ2v) is 2.22. The smallest absolute Gasteiger partial charge is 0.338 e. The van der Waals surface area contributed by atoms with E-state index in [4.69, 9.17) is 5.11 Å². The van der Waals surface area contributed by atoms with Crippen LogP contribution in [0.1, 0.15) is 15.9 Å². The number of hydrogen-bond acceptors (Lipinski definition) is 1. The fourth-order valence-corrected chi connectivity index (χ4v) is 0.848. The molecule has 0 aliphatic rings. The molecule has 64 valence electrons. The van der Waals surface area contributed by atoms with E-state index in [2.05, 4.69) is 0 Å². The number of benzene rings is 1. The summed E-state index contributed by atoms with van der Waals surface area (Å²) in [5.74, 6) is -2.38. The highest BCUT2D eigenvalue weighted by Crippen LogP contribution is 2.13. The molecule has 0 unspecified atom stereocenters. The average molecular weight is 172 g/mol. The van der Waals surface area contributed by atoms with Gasteiger partial charge < -0.3 is 5.11 Å². The summed E-state index contributed by atoms with van der Waals surface area (Å²) in [6.07, 6.45) is 0. The van der Waals surface area contributed by atoms with Crippen LogP contribution in [0, 0.1) is 5.82 Å². The van der Waals surface area contributed by atoms with Gasteiger partial charge >= 0.3 is 5.97 Å². The van der Waals surface area contributed by atoms with Crippen LogP contribution in [0.2, 0.25) is 0 Å². The van der Waals surface area contributed by atoms with E-state index in [1.165, 1.54) is 12.1 Å². The highest BCUT2D eigenvalue weighted by molar-refractivity contribution is 5.88. The molecule has 0 fully saturated rings. The lowest BCUT2D eigenvalue weighted by molar-refractivity contribution is 0.0691. The second-order valence-electron chi connectivity index (χ2n) is 2.22. The maximum atomic E-state index is 12.9. The summed E-state index contributed by atoms with van der Waals surface area (Å²) >= 11 is 0. The molecule has 0 saturated heterocycles.